The Hall–Kier alpha value is -2.27. The Bertz CT molecular complexity index is 985. The van der Waals surface area contributed by atoms with Gasteiger partial charge in [-0.3, -0.25) is 9.19 Å². The van der Waals surface area contributed by atoms with E-state index in [4.69, 9.17) is 4.74 Å². The summed E-state index contributed by atoms with van der Waals surface area (Å²) in [7, 11) is -1.10. The fourth-order valence-corrected chi connectivity index (χ4v) is 3.79. The van der Waals surface area contributed by atoms with Gasteiger partial charge in [-0.15, -0.1) is 0 Å². The van der Waals surface area contributed by atoms with Gasteiger partial charge in [-0.2, -0.15) is 0 Å². The lowest BCUT2D eigenvalue weighted by atomic mass is 10.1. The molecule has 1 aromatic heterocycles. The fraction of sp³-hybridized carbons (Fsp3) is 0.286. The quantitative estimate of drug-likeness (QED) is 0.590. The molecule has 2 aromatic carbocycles. The van der Waals surface area contributed by atoms with E-state index in [9.17, 15) is 8.60 Å². The highest BCUT2D eigenvalue weighted by Gasteiger charge is 2.14. The van der Waals surface area contributed by atoms with Crippen LogP contribution in [0.25, 0.3) is 10.9 Å². The van der Waals surface area contributed by atoms with E-state index in [1.54, 1.807) is 31.3 Å². The van der Waals surface area contributed by atoms with Gasteiger partial charge < -0.3 is 4.74 Å². The molecule has 136 valence electrons. The number of pyridine rings is 1. The molecule has 0 radical (unpaired) electrons. The van der Waals surface area contributed by atoms with E-state index in [2.05, 4.69) is 4.98 Å². The van der Waals surface area contributed by atoms with E-state index in [0.717, 1.165) is 15.8 Å². The van der Waals surface area contributed by atoms with Crippen LogP contribution < -0.4 is 4.74 Å². The number of benzene rings is 2. The SMILES string of the molecule is CCc1ccc(Oc2ccnc3ccc(S(=O)C(C)C)cc23)c(C)c1F. The van der Waals surface area contributed by atoms with E-state index in [1.807, 2.05) is 39.0 Å². The maximum Gasteiger partial charge on any atom is 0.138 e. The van der Waals surface area contributed by atoms with Crippen molar-refractivity contribution in [3.05, 3.63) is 59.5 Å². The molecule has 3 rings (SSSR count). The number of nitrogens with zero attached hydrogens (tertiary/aromatic N) is 1. The second-order valence-electron chi connectivity index (χ2n) is 6.45. The minimum atomic E-state index is -1.10. The Morgan fingerprint density at radius 3 is 2.62 bits per heavy atom. The molecule has 0 aliphatic heterocycles. The Balaban J connectivity index is 2.07. The highest BCUT2D eigenvalue weighted by atomic mass is 32.2. The van der Waals surface area contributed by atoms with Crippen molar-refractivity contribution in [2.75, 3.05) is 0 Å². The molecule has 0 amide bonds. The van der Waals surface area contributed by atoms with Gasteiger partial charge in [0.05, 0.1) is 16.3 Å². The first-order valence-corrected chi connectivity index (χ1v) is 9.88. The van der Waals surface area contributed by atoms with Crippen LogP contribution in [-0.4, -0.2) is 14.4 Å². The molecule has 3 nitrogen and oxygen atoms in total. The third-order valence-electron chi connectivity index (χ3n) is 4.35. The van der Waals surface area contributed by atoms with Gasteiger partial charge in [0.25, 0.3) is 0 Å². The Morgan fingerprint density at radius 1 is 1.15 bits per heavy atom. The highest BCUT2D eigenvalue weighted by molar-refractivity contribution is 7.85. The predicted molar refractivity (Wildman–Crippen MR) is 104 cm³/mol. The maximum atomic E-state index is 14.4. The van der Waals surface area contributed by atoms with Crippen LogP contribution in [0.1, 0.15) is 31.9 Å². The summed E-state index contributed by atoms with van der Waals surface area (Å²) in [5.74, 6) is 0.817. The average Bonchev–Trinajstić information content (AvgIpc) is 2.65. The van der Waals surface area contributed by atoms with Crippen LogP contribution in [0.15, 0.2) is 47.5 Å². The van der Waals surface area contributed by atoms with Gasteiger partial charge >= 0.3 is 0 Å². The summed E-state index contributed by atoms with van der Waals surface area (Å²) in [5.41, 5.74) is 1.90. The van der Waals surface area contributed by atoms with Gasteiger partial charge in [-0.25, -0.2) is 4.39 Å². The summed E-state index contributed by atoms with van der Waals surface area (Å²) in [6.45, 7) is 7.47. The van der Waals surface area contributed by atoms with Gasteiger partial charge in [-0.05, 0) is 49.2 Å². The van der Waals surface area contributed by atoms with Crippen molar-refractivity contribution in [3.8, 4) is 11.5 Å². The van der Waals surface area contributed by atoms with E-state index < -0.39 is 10.8 Å². The minimum Gasteiger partial charge on any atom is -0.456 e. The molecule has 0 bridgehead atoms. The Kier molecular flexibility index (Phi) is 5.37. The predicted octanol–water partition coefficient (Wildman–Crippen LogP) is 5.55. The lowest BCUT2D eigenvalue weighted by Gasteiger charge is -2.14. The van der Waals surface area contributed by atoms with Crippen molar-refractivity contribution in [1.82, 2.24) is 4.98 Å². The van der Waals surface area contributed by atoms with Gasteiger partial charge in [0.2, 0.25) is 0 Å². The molecule has 0 spiro atoms. The number of halogens is 1. The van der Waals surface area contributed by atoms with E-state index >= 15 is 0 Å². The van der Waals surface area contributed by atoms with Crippen LogP contribution in [0.3, 0.4) is 0 Å². The summed E-state index contributed by atoms with van der Waals surface area (Å²) in [5, 5.41) is 0.782. The summed E-state index contributed by atoms with van der Waals surface area (Å²) >= 11 is 0. The smallest absolute Gasteiger partial charge is 0.138 e. The number of fused-ring (bicyclic) bond motifs is 1. The number of rotatable bonds is 5. The van der Waals surface area contributed by atoms with Gasteiger partial charge in [-0.1, -0.05) is 26.8 Å². The number of hydrogen-bond donors (Lipinski definition) is 0. The van der Waals surface area contributed by atoms with Crippen molar-refractivity contribution >= 4 is 21.7 Å². The number of ether oxygens (including phenoxy) is 1. The zero-order valence-corrected chi connectivity index (χ0v) is 16.2. The first-order chi connectivity index (χ1) is 12.4. The molecule has 0 saturated heterocycles. The van der Waals surface area contributed by atoms with Crippen LogP contribution in [0.2, 0.25) is 0 Å². The van der Waals surface area contributed by atoms with Crippen molar-refractivity contribution in [1.29, 1.82) is 0 Å². The molecule has 0 aliphatic carbocycles. The van der Waals surface area contributed by atoms with Crippen molar-refractivity contribution in [3.63, 3.8) is 0 Å². The molecule has 1 heterocycles. The molecule has 1 atom stereocenters. The van der Waals surface area contributed by atoms with E-state index in [1.165, 1.54) is 0 Å². The number of aryl methyl sites for hydroxylation is 1. The fourth-order valence-electron chi connectivity index (χ4n) is 2.81. The molecule has 0 N–H and O–H groups in total. The first-order valence-electron chi connectivity index (χ1n) is 8.67. The van der Waals surface area contributed by atoms with Gasteiger partial charge in [0, 0.05) is 27.3 Å². The molecule has 0 saturated carbocycles. The molecule has 0 aliphatic rings. The number of hydrogen-bond acceptors (Lipinski definition) is 3. The lowest BCUT2D eigenvalue weighted by molar-refractivity contribution is 0.474. The van der Waals surface area contributed by atoms with E-state index in [0.29, 0.717) is 29.0 Å². The van der Waals surface area contributed by atoms with Crippen molar-refractivity contribution in [2.45, 2.75) is 44.3 Å². The third kappa shape index (κ3) is 3.49. The van der Waals surface area contributed by atoms with Crippen molar-refractivity contribution < 1.29 is 13.3 Å². The van der Waals surface area contributed by atoms with Crippen LogP contribution >= 0.6 is 0 Å². The normalized spacial score (nSPS) is 12.5. The molecule has 0 fully saturated rings. The molecule has 1 unspecified atom stereocenters. The van der Waals surface area contributed by atoms with Crippen LogP contribution in [0.5, 0.6) is 11.5 Å². The zero-order chi connectivity index (χ0) is 18.8. The van der Waals surface area contributed by atoms with Gasteiger partial charge in [0.1, 0.15) is 17.3 Å². The number of aromatic nitrogens is 1. The second kappa shape index (κ2) is 7.54. The molecule has 3 aromatic rings. The topological polar surface area (TPSA) is 39.2 Å². The maximum absolute atomic E-state index is 14.4. The van der Waals surface area contributed by atoms with Crippen molar-refractivity contribution in [2.24, 2.45) is 0 Å². The summed E-state index contributed by atoms with van der Waals surface area (Å²) < 4.78 is 32.9. The third-order valence-corrected chi connectivity index (χ3v) is 5.93. The highest BCUT2D eigenvalue weighted by Crippen LogP contribution is 2.33. The van der Waals surface area contributed by atoms with Crippen LogP contribution in [-0.2, 0) is 17.2 Å². The second-order valence-corrected chi connectivity index (χ2v) is 8.46. The molecule has 26 heavy (non-hydrogen) atoms. The average molecular weight is 371 g/mol. The molecule has 5 heteroatoms. The Morgan fingerprint density at radius 2 is 1.92 bits per heavy atom. The summed E-state index contributed by atoms with van der Waals surface area (Å²) in [6.07, 6.45) is 2.29. The Labute approximate surface area is 155 Å². The van der Waals surface area contributed by atoms with Gasteiger partial charge in [0.15, 0.2) is 0 Å². The van der Waals surface area contributed by atoms with Crippen LogP contribution in [0, 0.1) is 12.7 Å². The standard InChI is InChI=1S/C21H22FNO2S/c1-5-15-6-9-19(14(4)21(15)22)25-20-10-11-23-18-8-7-16(12-17(18)20)26(24)13(2)3/h6-13H,5H2,1-4H3. The zero-order valence-electron chi connectivity index (χ0n) is 15.4. The first kappa shape index (κ1) is 18.5. The molecular weight excluding hydrogens is 349 g/mol. The summed E-state index contributed by atoms with van der Waals surface area (Å²) in [6, 6.07) is 10.8. The minimum absolute atomic E-state index is 0.0198. The summed E-state index contributed by atoms with van der Waals surface area (Å²) in [4.78, 5) is 5.07. The van der Waals surface area contributed by atoms with Crippen LogP contribution in [0.4, 0.5) is 4.39 Å². The molecular formula is C21H22FNO2S. The lowest BCUT2D eigenvalue weighted by Crippen LogP contribution is -2.05. The largest absolute Gasteiger partial charge is 0.456 e. The monoisotopic (exact) mass is 371 g/mol. The van der Waals surface area contributed by atoms with E-state index in [-0.39, 0.29) is 11.1 Å².